The maximum atomic E-state index is 12.9. The van der Waals surface area contributed by atoms with Crippen molar-refractivity contribution in [3.8, 4) is 0 Å². The van der Waals surface area contributed by atoms with Gasteiger partial charge in [-0.2, -0.15) is 4.98 Å². The van der Waals surface area contributed by atoms with Gasteiger partial charge < -0.3 is 14.4 Å². The number of carbonyl (C=O) groups excluding carboxylic acids is 1. The van der Waals surface area contributed by atoms with Crippen LogP contribution in [-0.2, 0) is 12.8 Å². The number of nitrogens with one attached hydrogen (secondary N) is 1. The highest BCUT2D eigenvalue weighted by Crippen LogP contribution is 2.26. The van der Waals surface area contributed by atoms with Gasteiger partial charge >= 0.3 is 0 Å². The molecule has 1 atom stereocenters. The summed E-state index contributed by atoms with van der Waals surface area (Å²) in [7, 11) is 0. The van der Waals surface area contributed by atoms with Gasteiger partial charge in [-0.25, -0.2) is 0 Å². The molecule has 0 aromatic carbocycles. The van der Waals surface area contributed by atoms with Crippen molar-refractivity contribution in [2.75, 3.05) is 13.1 Å². The van der Waals surface area contributed by atoms with Crippen LogP contribution in [0, 0.1) is 6.92 Å². The molecule has 1 amide bonds. The monoisotopic (exact) mass is 342 g/mol. The van der Waals surface area contributed by atoms with Crippen molar-refractivity contribution in [3.63, 3.8) is 0 Å². The molecule has 7 nitrogen and oxygen atoms in total. The zero-order valence-corrected chi connectivity index (χ0v) is 14.4. The van der Waals surface area contributed by atoms with Gasteiger partial charge in [0.2, 0.25) is 5.89 Å². The number of fused-ring (bicyclic) bond motifs is 1. The lowest BCUT2D eigenvalue weighted by atomic mass is 9.94. The van der Waals surface area contributed by atoms with Crippen molar-refractivity contribution >= 4 is 5.91 Å². The number of nitrogens with zero attached hydrogens (tertiary/aromatic N) is 3. The summed E-state index contributed by atoms with van der Waals surface area (Å²) < 4.78 is 5.06. The third-order valence-electron chi connectivity index (χ3n) is 5.19. The summed E-state index contributed by atoms with van der Waals surface area (Å²) >= 11 is 0. The molecular weight excluding hydrogens is 320 g/mol. The van der Waals surface area contributed by atoms with Crippen molar-refractivity contribution in [2.45, 2.75) is 51.4 Å². The van der Waals surface area contributed by atoms with Gasteiger partial charge in [0.15, 0.2) is 5.82 Å². The Kier molecular flexibility index (Phi) is 4.15. The number of hydrogen-bond donors (Lipinski definition) is 1. The van der Waals surface area contributed by atoms with Crippen LogP contribution in [-0.4, -0.2) is 39.0 Å². The molecule has 1 N–H and O–H groups in total. The van der Waals surface area contributed by atoms with Crippen LogP contribution in [0.1, 0.15) is 64.9 Å². The van der Waals surface area contributed by atoms with Crippen LogP contribution in [0.2, 0.25) is 0 Å². The number of carbonyl (C=O) groups is 1. The van der Waals surface area contributed by atoms with Gasteiger partial charge in [-0.1, -0.05) is 5.16 Å². The minimum Gasteiger partial charge on any atom is -0.340 e. The highest BCUT2D eigenvalue weighted by Gasteiger charge is 2.29. The average Bonchev–Trinajstić information content (AvgIpc) is 3.07. The fourth-order valence-electron chi connectivity index (χ4n) is 3.86. The Hall–Kier alpha value is -2.44. The largest absolute Gasteiger partial charge is 0.340 e. The topological polar surface area (TPSA) is 92.1 Å². The normalized spacial score (nSPS) is 20.4. The highest BCUT2D eigenvalue weighted by atomic mass is 16.5. The molecule has 0 bridgehead atoms. The van der Waals surface area contributed by atoms with Crippen LogP contribution >= 0.6 is 0 Å². The molecule has 4 rings (SSSR count). The van der Waals surface area contributed by atoms with E-state index in [0.29, 0.717) is 24.8 Å². The first-order chi connectivity index (χ1) is 12.1. The molecule has 0 saturated carbocycles. The Morgan fingerprint density at radius 2 is 2.16 bits per heavy atom. The Bertz CT molecular complexity index is 854. The van der Waals surface area contributed by atoms with Gasteiger partial charge in [-0.15, -0.1) is 0 Å². The third-order valence-corrected chi connectivity index (χ3v) is 5.19. The van der Waals surface area contributed by atoms with Gasteiger partial charge in [0, 0.05) is 31.6 Å². The first kappa shape index (κ1) is 16.1. The summed E-state index contributed by atoms with van der Waals surface area (Å²) in [4.78, 5) is 34.3. The number of aromatic nitrogens is 3. The first-order valence-corrected chi connectivity index (χ1v) is 8.96. The van der Waals surface area contributed by atoms with Crippen LogP contribution in [0.15, 0.2) is 15.4 Å². The van der Waals surface area contributed by atoms with Gasteiger partial charge in [0.05, 0.1) is 0 Å². The average molecular weight is 342 g/mol. The fraction of sp³-hybridized carbons (Fsp3) is 0.556. The number of H-pyrrole nitrogens is 1. The molecule has 2 aromatic heterocycles. The lowest BCUT2D eigenvalue weighted by molar-refractivity contribution is 0.0701. The fourth-order valence-corrected chi connectivity index (χ4v) is 3.86. The van der Waals surface area contributed by atoms with Gasteiger partial charge in [-0.3, -0.25) is 9.59 Å². The second-order valence-corrected chi connectivity index (χ2v) is 6.98. The minimum atomic E-state index is -0.275. The molecule has 2 aromatic rings. The van der Waals surface area contributed by atoms with E-state index in [2.05, 4.69) is 15.1 Å². The number of aromatic amines is 1. The Labute approximate surface area is 145 Å². The van der Waals surface area contributed by atoms with E-state index in [4.69, 9.17) is 4.52 Å². The standard InChI is InChI=1S/C18H22N4O3/c1-11-19-16(21-25-11)13-6-4-8-22(10-13)18(24)14-9-12-5-2-3-7-15(12)20-17(14)23/h9,13H,2-8,10H2,1H3,(H,20,23)/t13-/m1/s1. The summed E-state index contributed by atoms with van der Waals surface area (Å²) in [5.74, 6) is 1.05. The summed E-state index contributed by atoms with van der Waals surface area (Å²) in [6, 6.07) is 1.80. The molecule has 0 unspecified atom stereocenters. The molecule has 1 aliphatic heterocycles. The molecule has 7 heteroatoms. The van der Waals surface area contributed by atoms with E-state index in [1.165, 1.54) is 0 Å². The van der Waals surface area contributed by atoms with Crippen LogP contribution in [0.3, 0.4) is 0 Å². The number of pyridine rings is 1. The Morgan fingerprint density at radius 1 is 1.32 bits per heavy atom. The van der Waals surface area contributed by atoms with Crippen LogP contribution in [0.25, 0.3) is 0 Å². The molecule has 25 heavy (non-hydrogen) atoms. The van der Waals surface area contributed by atoms with E-state index in [9.17, 15) is 9.59 Å². The van der Waals surface area contributed by atoms with Crippen molar-refractivity contribution in [2.24, 2.45) is 0 Å². The van der Waals surface area contributed by atoms with E-state index in [1.807, 2.05) is 0 Å². The van der Waals surface area contributed by atoms with Crippen LogP contribution in [0.4, 0.5) is 0 Å². The maximum Gasteiger partial charge on any atom is 0.261 e. The first-order valence-electron chi connectivity index (χ1n) is 8.96. The molecule has 1 saturated heterocycles. The zero-order chi connectivity index (χ0) is 17.4. The second kappa shape index (κ2) is 6.46. The van der Waals surface area contributed by atoms with Crippen molar-refractivity contribution in [3.05, 3.63) is 45.0 Å². The highest BCUT2D eigenvalue weighted by molar-refractivity contribution is 5.94. The van der Waals surface area contributed by atoms with E-state index in [0.717, 1.165) is 49.8 Å². The van der Waals surface area contributed by atoms with Crippen molar-refractivity contribution in [1.82, 2.24) is 20.0 Å². The number of likely N-dealkylation sites (tertiary alicyclic amines) is 1. The van der Waals surface area contributed by atoms with E-state index >= 15 is 0 Å². The molecule has 1 fully saturated rings. The predicted molar refractivity (Wildman–Crippen MR) is 90.6 cm³/mol. The molecular formula is C18H22N4O3. The molecule has 3 heterocycles. The summed E-state index contributed by atoms with van der Waals surface area (Å²) in [6.07, 6.45) is 5.80. The van der Waals surface area contributed by atoms with E-state index in [1.54, 1.807) is 17.9 Å². The van der Waals surface area contributed by atoms with Gasteiger partial charge in [0.1, 0.15) is 5.56 Å². The minimum absolute atomic E-state index is 0.0619. The quantitative estimate of drug-likeness (QED) is 0.901. The zero-order valence-electron chi connectivity index (χ0n) is 14.4. The number of aryl methyl sites for hydroxylation is 3. The number of amides is 1. The Balaban J connectivity index is 1.57. The summed E-state index contributed by atoms with van der Waals surface area (Å²) in [5.41, 5.74) is 2.08. The maximum absolute atomic E-state index is 12.9. The molecule has 1 aliphatic carbocycles. The van der Waals surface area contributed by atoms with Crippen LogP contribution in [0.5, 0.6) is 0 Å². The second-order valence-electron chi connectivity index (χ2n) is 6.98. The molecule has 2 aliphatic rings. The van der Waals surface area contributed by atoms with Crippen LogP contribution < -0.4 is 5.56 Å². The predicted octanol–water partition coefficient (Wildman–Crippen LogP) is 1.96. The number of piperidine rings is 1. The summed E-state index contributed by atoms with van der Waals surface area (Å²) in [6.45, 7) is 2.94. The van der Waals surface area contributed by atoms with Gasteiger partial charge in [-0.05, 0) is 50.2 Å². The number of rotatable bonds is 2. The van der Waals surface area contributed by atoms with E-state index < -0.39 is 0 Å². The lowest BCUT2D eigenvalue weighted by Crippen LogP contribution is -2.41. The molecule has 132 valence electrons. The summed E-state index contributed by atoms with van der Waals surface area (Å²) in [5, 5.41) is 3.99. The number of hydrogen-bond acceptors (Lipinski definition) is 5. The van der Waals surface area contributed by atoms with Crippen molar-refractivity contribution in [1.29, 1.82) is 0 Å². The molecule has 0 radical (unpaired) electrons. The lowest BCUT2D eigenvalue weighted by Gasteiger charge is -2.31. The van der Waals surface area contributed by atoms with Crippen molar-refractivity contribution < 1.29 is 9.32 Å². The smallest absolute Gasteiger partial charge is 0.261 e. The Morgan fingerprint density at radius 3 is 2.96 bits per heavy atom. The SMILES string of the molecule is Cc1nc([C@@H]2CCCN(C(=O)c3cc4c([nH]c3=O)CCCC4)C2)no1. The third kappa shape index (κ3) is 3.10. The van der Waals surface area contributed by atoms with Gasteiger partial charge in [0.25, 0.3) is 11.5 Å². The van der Waals surface area contributed by atoms with E-state index in [-0.39, 0.29) is 22.9 Å². The molecule has 0 spiro atoms.